The van der Waals surface area contributed by atoms with Crippen molar-refractivity contribution in [3.8, 4) is 0 Å². The molecule has 0 unspecified atom stereocenters. The molecule has 6 nitrogen and oxygen atoms in total. The van der Waals surface area contributed by atoms with Crippen LogP contribution in [0, 0.1) is 0 Å². The molecule has 1 fully saturated rings. The van der Waals surface area contributed by atoms with Gasteiger partial charge in [0.25, 0.3) is 0 Å². The van der Waals surface area contributed by atoms with Gasteiger partial charge in [-0.3, -0.25) is 0 Å². The summed E-state index contributed by atoms with van der Waals surface area (Å²) in [6, 6.07) is 12.7. The highest BCUT2D eigenvalue weighted by molar-refractivity contribution is 7.89. The molecule has 3 aromatic rings. The smallest absolute Gasteiger partial charge is 0.243 e. The summed E-state index contributed by atoms with van der Waals surface area (Å²) in [5.74, 6) is 0. The Labute approximate surface area is 173 Å². The molecule has 4 rings (SSSR count). The van der Waals surface area contributed by atoms with Crippen molar-refractivity contribution in [2.24, 2.45) is 0 Å². The summed E-state index contributed by atoms with van der Waals surface area (Å²) in [5.41, 5.74) is 1.90. The second-order valence-corrected chi connectivity index (χ2v) is 10.2. The minimum Gasteiger partial charge on any atom is -0.357 e. The number of halogens is 1. The van der Waals surface area contributed by atoms with Crippen molar-refractivity contribution >= 4 is 48.3 Å². The fraction of sp³-hybridized carbons (Fsp3) is 0.316. The first-order chi connectivity index (χ1) is 13.4. The van der Waals surface area contributed by atoms with Gasteiger partial charge in [-0.15, -0.1) is 0 Å². The van der Waals surface area contributed by atoms with E-state index in [1.165, 1.54) is 0 Å². The fourth-order valence-electron chi connectivity index (χ4n) is 3.11. The van der Waals surface area contributed by atoms with Crippen molar-refractivity contribution in [2.75, 3.05) is 38.5 Å². The molecule has 0 spiro atoms. The molecule has 9 heteroatoms. The van der Waals surface area contributed by atoms with Gasteiger partial charge in [-0.1, -0.05) is 35.1 Å². The molecular formula is C19H21ClN4O2S2. The molecule has 0 amide bonds. The average Bonchev–Trinajstić information content (AvgIpc) is 3.09. The highest BCUT2D eigenvalue weighted by Gasteiger charge is 2.27. The topological polar surface area (TPSA) is 65.5 Å². The van der Waals surface area contributed by atoms with Crippen molar-refractivity contribution in [3.63, 3.8) is 0 Å². The molecule has 0 atom stereocenters. The van der Waals surface area contributed by atoms with E-state index in [0.29, 0.717) is 29.6 Å². The van der Waals surface area contributed by atoms with Crippen LogP contribution in [-0.2, 0) is 16.6 Å². The molecule has 1 aliphatic rings. The maximum absolute atomic E-state index is 12.8. The predicted molar refractivity (Wildman–Crippen MR) is 115 cm³/mol. The van der Waals surface area contributed by atoms with Crippen LogP contribution < -0.4 is 5.32 Å². The second kappa shape index (κ2) is 7.96. The summed E-state index contributed by atoms with van der Waals surface area (Å²) >= 11 is 7.56. The lowest BCUT2D eigenvalue weighted by atomic mass is 10.2. The van der Waals surface area contributed by atoms with Gasteiger partial charge in [0, 0.05) is 37.7 Å². The molecule has 1 N–H and O–H groups in total. The molecule has 1 aromatic heterocycles. The molecule has 148 valence electrons. The number of hydrogen-bond acceptors (Lipinski definition) is 6. The van der Waals surface area contributed by atoms with Crippen molar-refractivity contribution in [1.82, 2.24) is 14.2 Å². The fourth-order valence-corrected chi connectivity index (χ4v) is 5.67. The Hall–Kier alpha value is -1.71. The van der Waals surface area contributed by atoms with Gasteiger partial charge in [0.2, 0.25) is 10.0 Å². The van der Waals surface area contributed by atoms with Gasteiger partial charge in [-0.25, -0.2) is 13.4 Å². The van der Waals surface area contributed by atoms with Gasteiger partial charge in [0.15, 0.2) is 5.13 Å². The van der Waals surface area contributed by atoms with Crippen molar-refractivity contribution in [1.29, 1.82) is 0 Å². The number of hydrogen-bond donors (Lipinski definition) is 1. The van der Waals surface area contributed by atoms with E-state index in [2.05, 4.69) is 15.2 Å². The van der Waals surface area contributed by atoms with Crippen molar-refractivity contribution < 1.29 is 8.42 Å². The van der Waals surface area contributed by atoms with Gasteiger partial charge < -0.3 is 10.2 Å². The van der Waals surface area contributed by atoms with Crippen LogP contribution in [0.5, 0.6) is 0 Å². The third kappa shape index (κ3) is 4.16. The van der Waals surface area contributed by atoms with E-state index in [1.807, 2.05) is 37.4 Å². The van der Waals surface area contributed by atoms with Gasteiger partial charge in [-0.05, 0) is 42.9 Å². The van der Waals surface area contributed by atoms with Crippen molar-refractivity contribution in [2.45, 2.75) is 11.4 Å². The van der Waals surface area contributed by atoms with Crippen LogP contribution in [0.4, 0.5) is 5.13 Å². The van der Waals surface area contributed by atoms with Crippen LogP contribution >= 0.6 is 22.9 Å². The lowest BCUT2D eigenvalue weighted by Crippen LogP contribution is -2.46. The van der Waals surface area contributed by atoms with Crippen molar-refractivity contribution in [3.05, 3.63) is 53.1 Å². The maximum atomic E-state index is 12.8. The molecule has 2 heterocycles. The van der Waals surface area contributed by atoms with Crippen LogP contribution in [-0.4, -0.2) is 55.8 Å². The minimum absolute atomic E-state index is 0.343. The van der Waals surface area contributed by atoms with E-state index in [-0.39, 0.29) is 0 Å². The SMILES string of the molecule is CN1CCN(S(=O)(=O)c2ccc(CNc3nc4ccc(Cl)cc4s3)cc2)CC1. The zero-order valence-electron chi connectivity index (χ0n) is 15.4. The Balaban J connectivity index is 1.42. The normalized spacial score (nSPS) is 16.5. The standard InChI is InChI=1S/C19H21ClN4O2S2/c1-23-8-10-24(11-9-23)28(25,26)16-5-2-14(3-6-16)13-21-19-22-17-7-4-15(20)12-18(17)27-19/h2-7,12H,8-11,13H2,1H3,(H,21,22). The van der Waals surface area contributed by atoms with E-state index in [1.54, 1.807) is 27.8 Å². The first-order valence-corrected chi connectivity index (χ1v) is 11.6. The number of benzene rings is 2. The number of nitrogens with one attached hydrogen (secondary N) is 1. The summed E-state index contributed by atoms with van der Waals surface area (Å²) in [4.78, 5) is 7.01. The second-order valence-electron chi connectivity index (χ2n) is 6.84. The molecule has 28 heavy (non-hydrogen) atoms. The first-order valence-electron chi connectivity index (χ1n) is 8.99. The lowest BCUT2D eigenvalue weighted by Gasteiger charge is -2.31. The summed E-state index contributed by atoms with van der Waals surface area (Å²) < 4.78 is 28.2. The van der Waals surface area contributed by atoms with E-state index >= 15 is 0 Å². The molecule has 0 bridgehead atoms. The maximum Gasteiger partial charge on any atom is 0.243 e. The number of likely N-dealkylation sites (N-methyl/N-ethyl adjacent to an activating group) is 1. The Morgan fingerprint density at radius 2 is 1.82 bits per heavy atom. The number of aromatic nitrogens is 1. The van der Waals surface area contributed by atoms with Gasteiger partial charge in [0.1, 0.15) is 0 Å². The number of piperazine rings is 1. The summed E-state index contributed by atoms with van der Waals surface area (Å²) in [5, 5.41) is 4.80. The predicted octanol–water partition coefficient (Wildman–Crippen LogP) is 3.50. The first kappa shape index (κ1) is 19.6. The van der Waals surface area contributed by atoms with Crippen LogP contribution in [0.15, 0.2) is 47.4 Å². The molecular weight excluding hydrogens is 416 g/mol. The van der Waals surface area contributed by atoms with E-state index < -0.39 is 10.0 Å². The summed E-state index contributed by atoms with van der Waals surface area (Å²) in [7, 11) is -1.42. The Kier molecular flexibility index (Phi) is 5.57. The van der Waals surface area contributed by atoms with E-state index in [9.17, 15) is 8.42 Å². The molecule has 1 saturated heterocycles. The molecule has 2 aromatic carbocycles. The third-order valence-corrected chi connectivity index (χ3v) is 7.94. The number of anilines is 1. The Morgan fingerprint density at radius 1 is 1.11 bits per heavy atom. The zero-order valence-corrected chi connectivity index (χ0v) is 17.8. The van der Waals surface area contributed by atoms with Crippen LogP contribution in [0.25, 0.3) is 10.2 Å². The van der Waals surface area contributed by atoms with E-state index in [0.717, 1.165) is 34.0 Å². The molecule has 0 saturated carbocycles. The highest BCUT2D eigenvalue weighted by Crippen LogP contribution is 2.28. The van der Waals surface area contributed by atoms with Crippen LogP contribution in [0.2, 0.25) is 5.02 Å². The monoisotopic (exact) mass is 436 g/mol. The number of fused-ring (bicyclic) bond motifs is 1. The van der Waals surface area contributed by atoms with Gasteiger partial charge >= 0.3 is 0 Å². The zero-order chi connectivity index (χ0) is 19.7. The number of sulfonamides is 1. The van der Waals surface area contributed by atoms with E-state index in [4.69, 9.17) is 11.6 Å². The molecule has 0 aliphatic carbocycles. The quantitative estimate of drug-likeness (QED) is 0.663. The number of rotatable bonds is 5. The third-order valence-electron chi connectivity index (χ3n) is 4.82. The molecule has 1 aliphatic heterocycles. The Morgan fingerprint density at radius 3 is 2.54 bits per heavy atom. The van der Waals surface area contributed by atoms with Crippen LogP contribution in [0.3, 0.4) is 0 Å². The summed E-state index contributed by atoms with van der Waals surface area (Å²) in [6.07, 6.45) is 0. The molecule has 0 radical (unpaired) electrons. The number of nitrogens with zero attached hydrogens (tertiary/aromatic N) is 3. The lowest BCUT2D eigenvalue weighted by molar-refractivity contribution is 0.222. The Bertz CT molecular complexity index is 1080. The largest absolute Gasteiger partial charge is 0.357 e. The number of thiazole rings is 1. The summed E-state index contributed by atoms with van der Waals surface area (Å²) in [6.45, 7) is 3.15. The van der Waals surface area contributed by atoms with Crippen LogP contribution in [0.1, 0.15) is 5.56 Å². The average molecular weight is 437 g/mol. The minimum atomic E-state index is -3.43. The van der Waals surface area contributed by atoms with Gasteiger partial charge in [0.05, 0.1) is 15.1 Å². The highest BCUT2D eigenvalue weighted by atomic mass is 35.5. The van der Waals surface area contributed by atoms with Gasteiger partial charge in [-0.2, -0.15) is 4.31 Å².